The molecule has 1 aliphatic heterocycles. The van der Waals surface area contributed by atoms with E-state index in [-0.39, 0.29) is 41.2 Å². The molecule has 34 heavy (non-hydrogen) atoms. The molecule has 0 aliphatic carbocycles. The highest BCUT2D eigenvalue weighted by atomic mass is 35.5. The second-order valence-corrected chi connectivity index (χ2v) is 9.72. The third-order valence-corrected chi connectivity index (χ3v) is 6.97. The summed E-state index contributed by atoms with van der Waals surface area (Å²) in [6.45, 7) is 1.19. The predicted octanol–water partition coefficient (Wildman–Crippen LogP) is 5.45. The van der Waals surface area contributed by atoms with Gasteiger partial charge in [-0.25, -0.2) is 22.1 Å². The fourth-order valence-electron chi connectivity index (χ4n) is 3.34. The Morgan fingerprint density at radius 1 is 1.18 bits per heavy atom. The molecule has 0 spiro atoms. The van der Waals surface area contributed by atoms with Crippen LogP contribution in [0.1, 0.15) is 18.2 Å². The summed E-state index contributed by atoms with van der Waals surface area (Å²) in [7, 11) is -4.42. The van der Waals surface area contributed by atoms with E-state index in [4.69, 9.17) is 21.1 Å². The summed E-state index contributed by atoms with van der Waals surface area (Å²) in [5.74, 6) is -0.864. The summed E-state index contributed by atoms with van der Waals surface area (Å²) in [5.41, 5.74) is -0.868. The zero-order valence-electron chi connectivity index (χ0n) is 17.5. The Labute approximate surface area is 197 Å². The Kier molecular flexibility index (Phi) is 6.34. The minimum Gasteiger partial charge on any atom is -0.485 e. The number of ether oxygens (including phenoxy) is 2. The molecule has 0 saturated carbocycles. The lowest BCUT2D eigenvalue weighted by molar-refractivity contribution is -0.137. The van der Waals surface area contributed by atoms with E-state index in [0.29, 0.717) is 6.07 Å². The van der Waals surface area contributed by atoms with Crippen LogP contribution in [-0.2, 0) is 22.8 Å². The van der Waals surface area contributed by atoms with Gasteiger partial charge in [0.05, 0.1) is 27.7 Å². The predicted molar refractivity (Wildman–Crippen MR) is 116 cm³/mol. The van der Waals surface area contributed by atoms with Crippen molar-refractivity contribution in [3.63, 3.8) is 0 Å². The lowest BCUT2D eigenvalue weighted by Gasteiger charge is -2.33. The summed E-state index contributed by atoms with van der Waals surface area (Å²) < 4.78 is 92.0. The van der Waals surface area contributed by atoms with Gasteiger partial charge in [-0.1, -0.05) is 23.7 Å². The number of anilines is 1. The van der Waals surface area contributed by atoms with Crippen molar-refractivity contribution < 1.29 is 35.5 Å². The van der Waals surface area contributed by atoms with Crippen molar-refractivity contribution in [1.29, 1.82) is 0 Å². The molecule has 6 nitrogen and oxygen atoms in total. The van der Waals surface area contributed by atoms with E-state index in [1.54, 1.807) is 6.92 Å². The van der Waals surface area contributed by atoms with Gasteiger partial charge in [-0.2, -0.15) is 13.2 Å². The number of halogens is 5. The SMILES string of the molecule is C[C@H]1CN(S(=O)(=O)c2cccc(C(F)(F)F)c2)c2nc(COc3c(F)cccc3Cl)ccc2O1. The van der Waals surface area contributed by atoms with Crippen LogP contribution in [0.4, 0.5) is 23.4 Å². The number of para-hydroxylation sites is 1. The van der Waals surface area contributed by atoms with Gasteiger partial charge in [0.15, 0.2) is 23.1 Å². The number of rotatable bonds is 5. The molecule has 180 valence electrons. The van der Waals surface area contributed by atoms with Crippen LogP contribution in [0.25, 0.3) is 0 Å². The molecule has 1 aliphatic rings. The van der Waals surface area contributed by atoms with Crippen molar-refractivity contribution in [3.05, 3.63) is 76.7 Å². The maximum atomic E-state index is 14.0. The molecule has 0 radical (unpaired) electrons. The second-order valence-electron chi connectivity index (χ2n) is 7.45. The zero-order chi connectivity index (χ0) is 24.7. The first kappa shape index (κ1) is 24.1. The molecular weight excluding hydrogens is 500 g/mol. The van der Waals surface area contributed by atoms with Crippen molar-refractivity contribution in [2.24, 2.45) is 0 Å². The number of hydrogen-bond acceptors (Lipinski definition) is 5. The average Bonchev–Trinajstić information content (AvgIpc) is 2.78. The number of benzene rings is 2. The summed E-state index contributed by atoms with van der Waals surface area (Å²) in [6, 6.07) is 10.5. The highest BCUT2D eigenvalue weighted by Crippen LogP contribution is 2.37. The van der Waals surface area contributed by atoms with Gasteiger partial charge in [0.1, 0.15) is 12.7 Å². The Morgan fingerprint density at radius 2 is 1.91 bits per heavy atom. The van der Waals surface area contributed by atoms with Crippen LogP contribution in [0.2, 0.25) is 5.02 Å². The fraction of sp³-hybridized carbons (Fsp3) is 0.227. The molecule has 12 heteroatoms. The van der Waals surface area contributed by atoms with E-state index in [9.17, 15) is 26.0 Å². The van der Waals surface area contributed by atoms with Crippen molar-refractivity contribution in [2.75, 3.05) is 10.8 Å². The van der Waals surface area contributed by atoms with E-state index < -0.39 is 38.6 Å². The first-order chi connectivity index (χ1) is 16.0. The van der Waals surface area contributed by atoms with E-state index in [2.05, 4.69) is 4.98 Å². The highest BCUT2D eigenvalue weighted by Gasteiger charge is 2.37. The molecule has 1 aromatic heterocycles. The summed E-state index contributed by atoms with van der Waals surface area (Å²) in [5, 5.41) is 0.0452. The van der Waals surface area contributed by atoms with E-state index in [1.165, 1.54) is 30.3 Å². The van der Waals surface area contributed by atoms with E-state index in [1.807, 2.05) is 0 Å². The Morgan fingerprint density at radius 3 is 2.62 bits per heavy atom. The molecule has 1 atom stereocenters. The van der Waals surface area contributed by atoms with Crippen LogP contribution >= 0.6 is 11.6 Å². The standard InChI is InChI=1S/C22H17ClF4N2O4S/c1-13-11-29(34(30,31)16-5-2-4-14(10-16)22(25,26)27)21-19(33-13)9-8-15(28-21)12-32-20-17(23)6-3-7-18(20)24/h2-10,13H,11-12H2,1H3/t13-/m0/s1. The van der Waals surface area contributed by atoms with Gasteiger partial charge in [-0.15, -0.1) is 0 Å². The Bertz CT molecular complexity index is 1310. The first-order valence-electron chi connectivity index (χ1n) is 9.90. The number of aromatic nitrogens is 1. The molecule has 0 fully saturated rings. The highest BCUT2D eigenvalue weighted by molar-refractivity contribution is 7.92. The number of fused-ring (bicyclic) bond motifs is 1. The third-order valence-electron chi connectivity index (χ3n) is 4.92. The maximum absolute atomic E-state index is 14.0. The van der Waals surface area contributed by atoms with Crippen molar-refractivity contribution in [2.45, 2.75) is 30.7 Å². The van der Waals surface area contributed by atoms with Gasteiger partial charge in [0.2, 0.25) is 0 Å². The Hall–Kier alpha value is -3.05. The van der Waals surface area contributed by atoms with Crippen molar-refractivity contribution >= 4 is 27.4 Å². The van der Waals surface area contributed by atoms with Gasteiger partial charge < -0.3 is 9.47 Å². The van der Waals surface area contributed by atoms with E-state index in [0.717, 1.165) is 22.5 Å². The van der Waals surface area contributed by atoms with Crippen LogP contribution in [0.5, 0.6) is 11.5 Å². The molecule has 4 rings (SSSR count). The molecule has 0 unspecified atom stereocenters. The fourth-order valence-corrected chi connectivity index (χ4v) is 5.10. The van der Waals surface area contributed by atoms with Crippen LogP contribution < -0.4 is 13.8 Å². The number of hydrogen-bond donors (Lipinski definition) is 0. The smallest absolute Gasteiger partial charge is 0.416 e. The topological polar surface area (TPSA) is 68.7 Å². The zero-order valence-corrected chi connectivity index (χ0v) is 19.1. The Balaban J connectivity index is 1.69. The van der Waals surface area contributed by atoms with Crippen molar-refractivity contribution in [3.8, 4) is 11.5 Å². The normalized spacial score (nSPS) is 16.1. The molecule has 0 saturated heterocycles. The summed E-state index contributed by atoms with van der Waals surface area (Å²) >= 11 is 5.95. The monoisotopic (exact) mass is 516 g/mol. The van der Waals surface area contributed by atoms with Gasteiger partial charge in [0, 0.05) is 0 Å². The van der Waals surface area contributed by atoms with Crippen LogP contribution in [-0.4, -0.2) is 26.1 Å². The molecule has 0 N–H and O–H groups in total. The quantitative estimate of drug-likeness (QED) is 0.422. The van der Waals surface area contributed by atoms with Gasteiger partial charge >= 0.3 is 6.18 Å². The van der Waals surface area contributed by atoms with Gasteiger partial charge in [-0.05, 0) is 49.4 Å². The molecule has 0 amide bonds. The van der Waals surface area contributed by atoms with Crippen LogP contribution in [0.15, 0.2) is 59.5 Å². The average molecular weight is 517 g/mol. The second kappa shape index (κ2) is 8.95. The van der Waals surface area contributed by atoms with Crippen molar-refractivity contribution in [1.82, 2.24) is 4.98 Å². The minimum absolute atomic E-state index is 0.0452. The van der Waals surface area contributed by atoms with E-state index >= 15 is 0 Å². The third kappa shape index (κ3) is 4.76. The largest absolute Gasteiger partial charge is 0.485 e. The summed E-state index contributed by atoms with van der Waals surface area (Å²) in [6.07, 6.45) is -5.30. The van der Waals surface area contributed by atoms with Crippen LogP contribution in [0.3, 0.4) is 0 Å². The first-order valence-corrected chi connectivity index (χ1v) is 11.7. The number of alkyl halides is 3. The minimum atomic E-state index is -4.71. The molecule has 3 aromatic rings. The summed E-state index contributed by atoms with van der Waals surface area (Å²) in [4.78, 5) is 3.74. The molecule has 2 aromatic carbocycles. The maximum Gasteiger partial charge on any atom is 0.416 e. The lowest BCUT2D eigenvalue weighted by atomic mass is 10.2. The number of nitrogens with zero attached hydrogens (tertiary/aromatic N) is 2. The lowest BCUT2D eigenvalue weighted by Crippen LogP contribution is -2.43. The van der Waals surface area contributed by atoms with Gasteiger partial charge in [0.25, 0.3) is 10.0 Å². The van der Waals surface area contributed by atoms with Gasteiger partial charge in [-0.3, -0.25) is 0 Å². The molecule has 2 heterocycles. The molecule has 0 bridgehead atoms. The molecular formula is C22H17ClF4N2O4S. The number of sulfonamides is 1. The number of pyridine rings is 1. The van der Waals surface area contributed by atoms with Crippen LogP contribution in [0, 0.1) is 5.82 Å².